The van der Waals surface area contributed by atoms with Crippen LogP contribution in [-0.4, -0.2) is 34.9 Å². The summed E-state index contributed by atoms with van der Waals surface area (Å²) in [6, 6.07) is 7.27. The molecule has 0 radical (unpaired) electrons. The summed E-state index contributed by atoms with van der Waals surface area (Å²) >= 11 is 0. The van der Waals surface area contributed by atoms with E-state index >= 15 is 0 Å². The van der Waals surface area contributed by atoms with Gasteiger partial charge in [-0.05, 0) is 50.0 Å². The van der Waals surface area contributed by atoms with Gasteiger partial charge < -0.3 is 5.11 Å². The number of Topliss-reactive ketones (excluding diaryl/α,β-unsaturated/α-hetero) is 1. The van der Waals surface area contributed by atoms with E-state index in [1.54, 1.807) is 12.1 Å². The smallest absolute Gasteiger partial charge is 0.153 e. The molecule has 1 aromatic rings. The van der Waals surface area contributed by atoms with Gasteiger partial charge in [-0.25, -0.2) is 0 Å². The van der Waals surface area contributed by atoms with Crippen LogP contribution in [0, 0.1) is 5.92 Å². The number of ketones is 1. The Morgan fingerprint density at radius 2 is 1.82 bits per heavy atom. The molecule has 3 aliphatic rings. The molecular weight excluding hydrogens is 214 g/mol. The molecule has 1 N–H and O–H groups in total. The fourth-order valence-electron chi connectivity index (χ4n) is 3.03. The monoisotopic (exact) mass is 231 g/mol. The predicted molar refractivity (Wildman–Crippen MR) is 64.9 cm³/mol. The van der Waals surface area contributed by atoms with Crippen molar-refractivity contribution in [1.82, 2.24) is 4.90 Å². The zero-order chi connectivity index (χ0) is 11.8. The summed E-state index contributed by atoms with van der Waals surface area (Å²) in [7, 11) is 0. The summed E-state index contributed by atoms with van der Waals surface area (Å²) in [6.45, 7) is 2.14. The Morgan fingerprint density at radius 3 is 2.41 bits per heavy atom. The highest BCUT2D eigenvalue weighted by Gasteiger charge is 2.40. The van der Waals surface area contributed by atoms with Crippen molar-refractivity contribution >= 4 is 5.78 Å². The van der Waals surface area contributed by atoms with Gasteiger partial charge in [-0.2, -0.15) is 0 Å². The van der Waals surface area contributed by atoms with Crippen LogP contribution in [0.15, 0.2) is 24.3 Å². The Hall–Kier alpha value is -1.35. The quantitative estimate of drug-likeness (QED) is 0.840. The second kappa shape index (κ2) is 4.15. The molecule has 3 aliphatic heterocycles. The highest BCUT2D eigenvalue weighted by Crippen LogP contribution is 2.30. The van der Waals surface area contributed by atoms with Gasteiger partial charge in [0.15, 0.2) is 5.78 Å². The molecule has 3 saturated heterocycles. The summed E-state index contributed by atoms with van der Waals surface area (Å²) in [5.74, 6) is 1.02. The van der Waals surface area contributed by atoms with Gasteiger partial charge in [-0.3, -0.25) is 9.69 Å². The van der Waals surface area contributed by atoms with Crippen molar-refractivity contribution in [3.05, 3.63) is 29.8 Å². The van der Waals surface area contributed by atoms with E-state index in [0.29, 0.717) is 11.7 Å². The second-order valence-corrected chi connectivity index (χ2v) is 5.10. The molecule has 0 unspecified atom stereocenters. The standard InChI is InChI=1S/C14H17NO2/c16-12-3-1-10(2-4-12)9-13-14(17)11-5-7-15(13)8-6-11/h1-4,11,13,16H,5-9H2/t13-/m0/s1. The number of piperidine rings is 3. The number of aromatic hydroxyl groups is 1. The van der Waals surface area contributed by atoms with E-state index in [1.165, 1.54) is 0 Å². The number of benzene rings is 1. The van der Waals surface area contributed by atoms with E-state index in [2.05, 4.69) is 4.90 Å². The van der Waals surface area contributed by atoms with Crippen molar-refractivity contribution in [2.75, 3.05) is 13.1 Å². The van der Waals surface area contributed by atoms with Crippen LogP contribution in [-0.2, 0) is 11.2 Å². The van der Waals surface area contributed by atoms with E-state index in [0.717, 1.165) is 37.9 Å². The zero-order valence-corrected chi connectivity index (χ0v) is 9.80. The Balaban J connectivity index is 1.76. The second-order valence-electron chi connectivity index (χ2n) is 5.10. The van der Waals surface area contributed by atoms with Gasteiger partial charge >= 0.3 is 0 Å². The number of fused-ring (bicyclic) bond motifs is 3. The minimum Gasteiger partial charge on any atom is -0.508 e. The first-order chi connectivity index (χ1) is 8.24. The average Bonchev–Trinajstić information content (AvgIpc) is 2.37. The normalized spacial score (nSPS) is 31.8. The van der Waals surface area contributed by atoms with Crippen molar-refractivity contribution in [2.45, 2.75) is 25.3 Å². The van der Waals surface area contributed by atoms with Crippen molar-refractivity contribution in [3.63, 3.8) is 0 Å². The highest BCUT2D eigenvalue weighted by molar-refractivity contribution is 5.88. The molecule has 3 heterocycles. The third-order valence-corrected chi connectivity index (χ3v) is 4.07. The van der Waals surface area contributed by atoms with Gasteiger partial charge in [0, 0.05) is 5.92 Å². The van der Waals surface area contributed by atoms with Gasteiger partial charge in [-0.15, -0.1) is 0 Å². The minimum atomic E-state index is 0.0760. The minimum absolute atomic E-state index is 0.0760. The number of carbonyl (C=O) groups excluding carboxylic acids is 1. The molecule has 90 valence electrons. The molecule has 0 saturated carbocycles. The number of phenolic OH excluding ortho intramolecular Hbond substituents is 1. The van der Waals surface area contributed by atoms with Crippen LogP contribution in [0.5, 0.6) is 5.75 Å². The van der Waals surface area contributed by atoms with E-state index in [1.807, 2.05) is 12.1 Å². The molecule has 3 heteroatoms. The summed E-state index contributed by atoms with van der Waals surface area (Å²) in [4.78, 5) is 14.5. The molecule has 2 bridgehead atoms. The van der Waals surface area contributed by atoms with Gasteiger partial charge in [0.05, 0.1) is 6.04 Å². The molecule has 1 aromatic carbocycles. The van der Waals surface area contributed by atoms with Gasteiger partial charge in [0.1, 0.15) is 5.75 Å². The summed E-state index contributed by atoms with van der Waals surface area (Å²) in [6.07, 6.45) is 2.88. The van der Waals surface area contributed by atoms with Crippen molar-refractivity contribution in [2.24, 2.45) is 5.92 Å². The van der Waals surface area contributed by atoms with Crippen molar-refractivity contribution in [1.29, 1.82) is 0 Å². The summed E-state index contributed by atoms with van der Waals surface area (Å²) in [5, 5.41) is 9.24. The molecule has 3 nitrogen and oxygen atoms in total. The maximum Gasteiger partial charge on any atom is 0.153 e. The lowest BCUT2D eigenvalue weighted by Gasteiger charge is -2.44. The third-order valence-electron chi connectivity index (χ3n) is 4.07. The molecule has 0 aliphatic carbocycles. The molecule has 0 amide bonds. The fraction of sp³-hybridized carbons (Fsp3) is 0.500. The Kier molecular flexibility index (Phi) is 2.63. The fourth-order valence-corrected chi connectivity index (χ4v) is 3.03. The van der Waals surface area contributed by atoms with E-state index in [9.17, 15) is 9.90 Å². The predicted octanol–water partition coefficient (Wildman–Crippen LogP) is 1.60. The number of rotatable bonds is 2. The maximum atomic E-state index is 12.2. The number of carbonyl (C=O) groups is 1. The molecule has 1 atom stereocenters. The van der Waals surface area contributed by atoms with Crippen LogP contribution in [0.4, 0.5) is 0 Å². The van der Waals surface area contributed by atoms with Gasteiger partial charge in [-0.1, -0.05) is 12.1 Å². The Morgan fingerprint density at radius 1 is 1.18 bits per heavy atom. The first-order valence-corrected chi connectivity index (χ1v) is 6.30. The lowest BCUT2D eigenvalue weighted by atomic mass is 9.80. The number of hydrogen-bond donors (Lipinski definition) is 1. The van der Waals surface area contributed by atoms with E-state index in [-0.39, 0.29) is 11.8 Å². The van der Waals surface area contributed by atoms with E-state index in [4.69, 9.17) is 0 Å². The average molecular weight is 231 g/mol. The van der Waals surface area contributed by atoms with Gasteiger partial charge in [0.25, 0.3) is 0 Å². The van der Waals surface area contributed by atoms with Crippen LogP contribution in [0.3, 0.4) is 0 Å². The van der Waals surface area contributed by atoms with Crippen molar-refractivity contribution in [3.8, 4) is 5.75 Å². The van der Waals surface area contributed by atoms with Crippen LogP contribution >= 0.6 is 0 Å². The van der Waals surface area contributed by atoms with E-state index < -0.39 is 0 Å². The SMILES string of the molecule is O=C1C2CCN(CC2)[C@H]1Cc1ccc(O)cc1. The Labute approximate surface area is 101 Å². The molecule has 17 heavy (non-hydrogen) atoms. The number of phenols is 1. The summed E-state index contributed by atoms with van der Waals surface area (Å²) in [5.41, 5.74) is 1.13. The summed E-state index contributed by atoms with van der Waals surface area (Å²) < 4.78 is 0. The van der Waals surface area contributed by atoms with Crippen molar-refractivity contribution < 1.29 is 9.90 Å². The molecular formula is C14H17NO2. The molecule has 0 spiro atoms. The van der Waals surface area contributed by atoms with Gasteiger partial charge in [0.2, 0.25) is 0 Å². The Bertz CT molecular complexity index is 418. The maximum absolute atomic E-state index is 12.2. The molecule has 0 aromatic heterocycles. The van der Waals surface area contributed by atoms with Crippen LogP contribution < -0.4 is 0 Å². The van der Waals surface area contributed by atoms with Crippen LogP contribution in [0.2, 0.25) is 0 Å². The first kappa shape index (κ1) is 10.8. The lowest BCUT2D eigenvalue weighted by Crippen LogP contribution is -2.56. The highest BCUT2D eigenvalue weighted by atomic mass is 16.3. The lowest BCUT2D eigenvalue weighted by molar-refractivity contribution is -0.136. The number of nitrogens with zero attached hydrogens (tertiary/aromatic N) is 1. The third kappa shape index (κ3) is 1.95. The van der Waals surface area contributed by atoms with Crippen LogP contribution in [0.25, 0.3) is 0 Å². The molecule has 4 rings (SSSR count). The van der Waals surface area contributed by atoms with Crippen LogP contribution in [0.1, 0.15) is 18.4 Å². The molecule has 3 fully saturated rings. The largest absolute Gasteiger partial charge is 0.508 e. The first-order valence-electron chi connectivity index (χ1n) is 6.30. The zero-order valence-electron chi connectivity index (χ0n) is 9.80. The topological polar surface area (TPSA) is 40.5 Å². The number of hydrogen-bond acceptors (Lipinski definition) is 3.